The van der Waals surface area contributed by atoms with Gasteiger partial charge in [-0.3, -0.25) is 0 Å². The molecule has 6 nitrogen and oxygen atoms in total. The molecule has 0 spiro atoms. The van der Waals surface area contributed by atoms with E-state index < -0.39 is 0 Å². The number of anilines is 4. The summed E-state index contributed by atoms with van der Waals surface area (Å²) in [6.45, 7) is 3.59. The number of likely N-dealkylation sites (N-methyl/N-ethyl adjacent to an activating group) is 4. The highest BCUT2D eigenvalue weighted by molar-refractivity contribution is 7.24. The first-order valence-electron chi connectivity index (χ1n) is 23.4. The zero-order valence-electron chi connectivity index (χ0n) is 38.5. The Labute approximate surface area is 405 Å². The number of aromatic nitrogens is 2. The molecule has 0 amide bonds. The molecule has 0 aliphatic carbocycles. The van der Waals surface area contributed by atoms with Crippen LogP contribution in [0.4, 0.5) is 22.7 Å². The van der Waals surface area contributed by atoms with Gasteiger partial charge in [0.25, 0.3) is 0 Å². The molecule has 68 heavy (non-hydrogen) atoms. The molecule has 8 heteroatoms. The van der Waals surface area contributed by atoms with Gasteiger partial charge in [0.05, 0.1) is 22.8 Å². The van der Waals surface area contributed by atoms with Crippen molar-refractivity contribution < 1.29 is 0 Å². The smallest absolute Gasteiger partial charge is 0.0730 e. The van der Waals surface area contributed by atoms with E-state index in [4.69, 9.17) is 9.97 Å². The van der Waals surface area contributed by atoms with Crippen LogP contribution in [0.3, 0.4) is 0 Å². The van der Waals surface area contributed by atoms with E-state index in [-0.39, 0.29) is 0 Å². The third kappa shape index (κ3) is 6.81. The number of nitrogens with zero attached hydrogens (tertiary/aromatic N) is 6. The summed E-state index contributed by atoms with van der Waals surface area (Å²) in [5.41, 5.74) is 22.7. The minimum absolute atomic E-state index is 0.898. The number of hydrogen-bond donors (Lipinski definition) is 0. The zero-order chi connectivity index (χ0) is 45.6. The Hall–Kier alpha value is -7.52. The van der Waals surface area contributed by atoms with Crippen LogP contribution in [0.1, 0.15) is 45.0 Å². The first-order valence-corrected chi connectivity index (χ1v) is 25.0. The number of thiophene rings is 2. The van der Waals surface area contributed by atoms with E-state index in [0.717, 1.165) is 112 Å². The molecule has 6 aliphatic heterocycles. The van der Waals surface area contributed by atoms with Crippen molar-refractivity contribution in [1.29, 1.82) is 0 Å². The van der Waals surface area contributed by atoms with Crippen LogP contribution in [-0.2, 0) is 0 Å². The second-order valence-electron chi connectivity index (χ2n) is 18.5. The second kappa shape index (κ2) is 16.1. The standard InChI is InChI=1S/C60H48N6S2/c1-63-29-5-9-37-33-41(13-21-49(37)63)57-45-17-18-46(61-45)58(42-14-22-50-38(34-42)10-6-30-64(50)2)55-27-28-56(68-55)60(44-16-24-52-40(36-44)12-8-32-66(52)4)48-20-19-47(62-48)59(54-26-25-53(57)67-54)43-15-23-51-39(35-43)11-7-31-65(51)3/h5-28,33-36H,29-32H2,1-4H3. The lowest BCUT2D eigenvalue weighted by atomic mass is 9.98. The second-order valence-corrected chi connectivity index (χ2v) is 20.7. The molecule has 0 unspecified atom stereocenters. The molecule has 7 aromatic rings. The maximum absolute atomic E-state index is 5.69. The van der Waals surface area contributed by atoms with Crippen LogP contribution in [0.2, 0.25) is 0 Å². The Kier molecular flexibility index (Phi) is 9.63. The molecule has 9 heterocycles. The zero-order valence-corrected chi connectivity index (χ0v) is 40.1. The Morgan fingerprint density at radius 1 is 0.324 bits per heavy atom. The fourth-order valence-corrected chi connectivity index (χ4v) is 13.0. The predicted molar refractivity (Wildman–Crippen MR) is 297 cm³/mol. The van der Waals surface area contributed by atoms with E-state index in [1.807, 2.05) is 22.7 Å². The van der Waals surface area contributed by atoms with E-state index in [2.05, 4.69) is 218 Å². The monoisotopic (exact) mass is 916 g/mol. The summed E-state index contributed by atoms with van der Waals surface area (Å²) in [7, 11) is 8.66. The molecule has 0 fully saturated rings. The van der Waals surface area contributed by atoms with Crippen molar-refractivity contribution in [2.75, 3.05) is 74.0 Å². The number of benzene rings is 4. The molecule has 3 aromatic heterocycles. The molecule has 8 bridgehead atoms. The topological polar surface area (TPSA) is 38.7 Å². The summed E-state index contributed by atoms with van der Waals surface area (Å²) in [4.78, 5) is 20.6. The van der Waals surface area contributed by atoms with Crippen LogP contribution in [0, 0.1) is 0 Å². The van der Waals surface area contributed by atoms with Gasteiger partial charge in [0.15, 0.2) is 0 Å². The highest BCUT2D eigenvalue weighted by Gasteiger charge is 2.23. The average Bonchev–Trinajstić information content (AvgIpc) is 4.21. The van der Waals surface area contributed by atoms with Crippen molar-refractivity contribution in [3.05, 3.63) is 166 Å². The maximum Gasteiger partial charge on any atom is 0.0730 e. The Bertz CT molecular complexity index is 3200. The highest BCUT2D eigenvalue weighted by Crippen LogP contribution is 2.46. The van der Waals surface area contributed by atoms with Crippen LogP contribution >= 0.6 is 22.7 Å². The Balaban J connectivity index is 1.15. The van der Waals surface area contributed by atoms with Crippen LogP contribution in [0.5, 0.6) is 0 Å². The fourth-order valence-electron chi connectivity index (χ4n) is 10.7. The summed E-state index contributed by atoms with van der Waals surface area (Å²) in [5.74, 6) is 0. The lowest BCUT2D eigenvalue weighted by Crippen LogP contribution is -2.20. The van der Waals surface area contributed by atoms with Crippen molar-refractivity contribution in [2.45, 2.75) is 0 Å². The molecule has 13 rings (SSSR count). The molecule has 0 saturated carbocycles. The summed E-state index contributed by atoms with van der Waals surface area (Å²) >= 11 is 3.64. The number of hydrogen-bond acceptors (Lipinski definition) is 8. The van der Waals surface area contributed by atoms with Crippen LogP contribution < -0.4 is 19.6 Å². The molecular weight excluding hydrogens is 869 g/mol. The quantitative estimate of drug-likeness (QED) is 0.175. The molecule has 0 atom stereocenters. The third-order valence-electron chi connectivity index (χ3n) is 14.1. The maximum atomic E-state index is 5.69. The minimum atomic E-state index is 0.898. The van der Waals surface area contributed by atoms with Crippen molar-refractivity contribution in [3.63, 3.8) is 0 Å². The van der Waals surface area contributed by atoms with Crippen molar-refractivity contribution in [2.24, 2.45) is 0 Å². The van der Waals surface area contributed by atoms with Gasteiger partial charge in [-0.15, -0.1) is 22.7 Å². The van der Waals surface area contributed by atoms with Crippen molar-refractivity contribution in [3.8, 4) is 44.5 Å². The third-order valence-corrected chi connectivity index (χ3v) is 16.4. The lowest BCUT2D eigenvalue weighted by Gasteiger charge is -2.24. The summed E-state index contributed by atoms with van der Waals surface area (Å²) in [5, 5.41) is 0. The van der Waals surface area contributed by atoms with Gasteiger partial charge in [0, 0.05) is 118 Å². The van der Waals surface area contributed by atoms with Crippen molar-refractivity contribution in [1.82, 2.24) is 9.97 Å². The summed E-state index contributed by atoms with van der Waals surface area (Å²) < 4.78 is 4.64. The van der Waals surface area contributed by atoms with E-state index in [1.54, 1.807) is 0 Å². The van der Waals surface area contributed by atoms with E-state index in [0.29, 0.717) is 0 Å². The Morgan fingerprint density at radius 3 is 0.824 bits per heavy atom. The average molecular weight is 917 g/mol. The SMILES string of the molecule is CN1CC=Cc2cc(-c3c4nc(c(-c5ccc6c(c5)C=CCN6C)c5ccc(s5)c(-c5ccc6c(c5)C=CCN6C)c5nc(c(-c6ccc7c(c6)C=CCN7C)c6ccc3s6)C=C5)C=C4)ccc21. The predicted octanol–water partition coefficient (Wildman–Crippen LogP) is 14.6. The molecule has 330 valence electrons. The van der Waals surface area contributed by atoms with Crippen LogP contribution in [0.25, 0.3) is 112 Å². The van der Waals surface area contributed by atoms with Crippen LogP contribution in [-0.4, -0.2) is 64.3 Å². The number of fused-ring (bicyclic) bond motifs is 12. The van der Waals surface area contributed by atoms with Gasteiger partial charge >= 0.3 is 0 Å². The van der Waals surface area contributed by atoms with Crippen molar-refractivity contribution >= 4 is 113 Å². The van der Waals surface area contributed by atoms with E-state index in [1.165, 1.54) is 45.0 Å². The van der Waals surface area contributed by atoms with Crippen LogP contribution in [0.15, 0.2) is 121 Å². The summed E-state index contributed by atoms with van der Waals surface area (Å²) in [6, 6.07) is 36.8. The van der Waals surface area contributed by atoms with Gasteiger partial charge in [0.1, 0.15) is 0 Å². The molecule has 0 radical (unpaired) electrons. The first-order chi connectivity index (χ1) is 33.3. The van der Waals surface area contributed by atoms with Gasteiger partial charge in [0.2, 0.25) is 0 Å². The van der Waals surface area contributed by atoms with Gasteiger partial charge in [-0.25, -0.2) is 9.97 Å². The van der Waals surface area contributed by atoms with Gasteiger partial charge in [-0.1, -0.05) is 72.9 Å². The molecule has 0 N–H and O–H groups in total. The van der Waals surface area contributed by atoms with Gasteiger partial charge < -0.3 is 19.6 Å². The number of rotatable bonds is 4. The molecule has 4 aromatic carbocycles. The molecular formula is C60H48N6S2. The summed E-state index contributed by atoms with van der Waals surface area (Å²) in [6.07, 6.45) is 27.0. The van der Waals surface area contributed by atoms with Gasteiger partial charge in [-0.2, -0.15) is 0 Å². The van der Waals surface area contributed by atoms with Gasteiger partial charge in [-0.05, 0) is 142 Å². The molecule has 0 saturated heterocycles. The lowest BCUT2D eigenvalue weighted by molar-refractivity contribution is 1.02. The highest BCUT2D eigenvalue weighted by atomic mass is 32.1. The normalized spacial score (nSPS) is 15.2. The fraction of sp³-hybridized carbons (Fsp3) is 0.133. The molecule has 6 aliphatic rings. The minimum Gasteiger partial charge on any atom is -0.370 e. The first kappa shape index (κ1) is 40.7. The van der Waals surface area contributed by atoms with E-state index >= 15 is 0 Å². The largest absolute Gasteiger partial charge is 0.370 e. The van der Waals surface area contributed by atoms with E-state index in [9.17, 15) is 0 Å². The Morgan fingerprint density at radius 2 is 0.574 bits per heavy atom.